The largest absolute Gasteiger partial charge is 0.490 e. The van der Waals surface area contributed by atoms with E-state index in [1.165, 1.54) is 12.8 Å². The summed E-state index contributed by atoms with van der Waals surface area (Å²) >= 11 is 0. The summed E-state index contributed by atoms with van der Waals surface area (Å²) in [6.45, 7) is 12.3. The number of aliphatic carboxylic acids is 1. The van der Waals surface area contributed by atoms with Gasteiger partial charge in [0.15, 0.2) is 0 Å². The third-order valence-electron chi connectivity index (χ3n) is 9.31. The molecule has 0 radical (unpaired) electrons. The number of hydrogen-bond acceptors (Lipinski definition) is 6. The van der Waals surface area contributed by atoms with Crippen molar-refractivity contribution >= 4 is 18.0 Å². The highest BCUT2D eigenvalue weighted by molar-refractivity contribution is 5.97. The molecule has 1 aromatic carbocycles. The summed E-state index contributed by atoms with van der Waals surface area (Å²) in [5.74, 6) is -2.17. The Morgan fingerprint density at radius 1 is 1.07 bits per heavy atom. The second-order valence-corrected chi connectivity index (χ2v) is 12.7. The Labute approximate surface area is 259 Å². The molecule has 3 aliphatic rings. The molecule has 12 heteroatoms. The van der Waals surface area contributed by atoms with E-state index < -0.39 is 12.1 Å². The SMILES string of the molecule is CCCCC1CN(CCN(C)C)C(=O)OC12CCN(C1CCN(C(=O)c3c(C)cccc3C)CC1)CC2.O=C(O)C(F)(F)F. The summed E-state index contributed by atoms with van der Waals surface area (Å²) in [4.78, 5) is 43.8. The van der Waals surface area contributed by atoms with E-state index >= 15 is 0 Å². The first-order valence-corrected chi connectivity index (χ1v) is 15.7. The first-order valence-electron chi connectivity index (χ1n) is 15.7. The lowest BCUT2D eigenvalue weighted by atomic mass is 9.75. The van der Waals surface area contributed by atoms with Gasteiger partial charge in [0.25, 0.3) is 5.91 Å². The quantitative estimate of drug-likeness (QED) is 0.424. The molecule has 0 aliphatic carbocycles. The number of hydrogen-bond donors (Lipinski definition) is 1. The van der Waals surface area contributed by atoms with Gasteiger partial charge >= 0.3 is 18.2 Å². The molecule has 3 heterocycles. The van der Waals surface area contributed by atoms with Crippen LogP contribution in [0.4, 0.5) is 18.0 Å². The lowest BCUT2D eigenvalue weighted by molar-refractivity contribution is -0.192. The van der Waals surface area contributed by atoms with Crippen LogP contribution in [0.3, 0.4) is 0 Å². The highest BCUT2D eigenvalue weighted by atomic mass is 19.4. The van der Waals surface area contributed by atoms with Gasteiger partial charge in [-0.1, -0.05) is 38.0 Å². The fourth-order valence-corrected chi connectivity index (χ4v) is 6.66. The number of carboxylic acids is 1. The zero-order chi connectivity index (χ0) is 32.7. The van der Waals surface area contributed by atoms with Crippen LogP contribution in [0.5, 0.6) is 0 Å². The van der Waals surface area contributed by atoms with Crippen molar-refractivity contribution in [3.63, 3.8) is 0 Å². The summed E-state index contributed by atoms with van der Waals surface area (Å²) in [6.07, 6.45) is 2.16. The van der Waals surface area contributed by atoms with Gasteiger partial charge in [-0.05, 0) is 58.3 Å². The number of halogens is 3. The molecule has 1 aromatic rings. The van der Waals surface area contributed by atoms with Crippen molar-refractivity contribution in [1.82, 2.24) is 19.6 Å². The van der Waals surface area contributed by atoms with E-state index in [0.717, 1.165) is 94.6 Å². The number of likely N-dealkylation sites (N-methyl/N-ethyl adjacent to an activating group) is 1. The van der Waals surface area contributed by atoms with E-state index in [1.54, 1.807) is 0 Å². The maximum Gasteiger partial charge on any atom is 0.490 e. The number of unbranched alkanes of at least 4 members (excludes halogenated alkanes) is 1. The number of rotatable bonds is 8. The average Bonchev–Trinajstić information content (AvgIpc) is 2.96. The summed E-state index contributed by atoms with van der Waals surface area (Å²) in [5, 5.41) is 7.12. The zero-order valence-electron chi connectivity index (χ0n) is 26.8. The van der Waals surface area contributed by atoms with Crippen molar-refractivity contribution in [2.24, 2.45) is 5.92 Å². The number of piperidine rings is 2. The van der Waals surface area contributed by atoms with Crippen LogP contribution < -0.4 is 0 Å². The number of nitrogens with zero attached hydrogens (tertiary/aromatic N) is 4. The molecule has 0 aromatic heterocycles. The van der Waals surface area contributed by atoms with Gasteiger partial charge in [-0.25, -0.2) is 9.59 Å². The molecule has 4 rings (SSSR count). The van der Waals surface area contributed by atoms with Crippen LogP contribution in [0.25, 0.3) is 0 Å². The van der Waals surface area contributed by atoms with Crippen LogP contribution >= 0.6 is 0 Å². The molecule has 3 aliphatic heterocycles. The second-order valence-electron chi connectivity index (χ2n) is 12.7. The van der Waals surface area contributed by atoms with E-state index in [9.17, 15) is 22.8 Å². The number of carboxylic acid groups (broad SMARTS) is 1. The number of alkyl halides is 3. The maximum absolute atomic E-state index is 13.2. The first kappa shape index (κ1) is 35.6. The number of carbonyl (C=O) groups excluding carboxylic acids is 2. The number of carbonyl (C=O) groups is 3. The summed E-state index contributed by atoms with van der Waals surface area (Å²) in [6, 6.07) is 6.59. The first-order chi connectivity index (χ1) is 20.7. The topological polar surface area (TPSA) is 93.6 Å². The molecular formula is C32H49F3N4O5. The van der Waals surface area contributed by atoms with Gasteiger partial charge in [0.1, 0.15) is 5.60 Å². The molecule has 9 nitrogen and oxygen atoms in total. The average molecular weight is 627 g/mol. The van der Waals surface area contributed by atoms with E-state index in [-0.39, 0.29) is 17.6 Å². The molecule has 1 atom stereocenters. The number of amides is 2. The van der Waals surface area contributed by atoms with Crippen LogP contribution in [-0.2, 0) is 9.53 Å². The zero-order valence-corrected chi connectivity index (χ0v) is 26.8. The normalized spacial score (nSPS) is 21.2. The van der Waals surface area contributed by atoms with Crippen molar-refractivity contribution in [1.29, 1.82) is 0 Å². The number of benzene rings is 1. The third kappa shape index (κ3) is 9.09. The van der Waals surface area contributed by atoms with Gasteiger partial charge in [-0.3, -0.25) is 9.69 Å². The highest BCUT2D eigenvalue weighted by Crippen LogP contribution is 2.41. The van der Waals surface area contributed by atoms with Gasteiger partial charge in [-0.2, -0.15) is 13.2 Å². The Hall–Kier alpha value is -2.86. The minimum absolute atomic E-state index is 0.124. The second kappa shape index (κ2) is 15.4. The Balaban J connectivity index is 0.000000676. The predicted molar refractivity (Wildman–Crippen MR) is 162 cm³/mol. The van der Waals surface area contributed by atoms with Gasteiger partial charge in [0, 0.05) is 76.2 Å². The highest BCUT2D eigenvalue weighted by Gasteiger charge is 2.50. The maximum atomic E-state index is 13.2. The summed E-state index contributed by atoms with van der Waals surface area (Å²) in [7, 11) is 4.09. The smallest absolute Gasteiger partial charge is 0.475 e. The van der Waals surface area contributed by atoms with E-state index in [0.29, 0.717) is 12.0 Å². The van der Waals surface area contributed by atoms with Crippen molar-refractivity contribution in [3.8, 4) is 0 Å². The van der Waals surface area contributed by atoms with E-state index in [1.807, 2.05) is 55.9 Å². The molecule has 0 saturated carbocycles. The van der Waals surface area contributed by atoms with Crippen molar-refractivity contribution in [3.05, 3.63) is 34.9 Å². The lowest BCUT2D eigenvalue weighted by Gasteiger charge is -2.52. The Morgan fingerprint density at radius 3 is 2.14 bits per heavy atom. The molecule has 248 valence electrons. The van der Waals surface area contributed by atoms with E-state index in [4.69, 9.17) is 14.6 Å². The molecule has 44 heavy (non-hydrogen) atoms. The molecule has 0 bridgehead atoms. The molecular weight excluding hydrogens is 577 g/mol. The predicted octanol–water partition coefficient (Wildman–Crippen LogP) is 5.20. The summed E-state index contributed by atoms with van der Waals surface area (Å²) < 4.78 is 38.0. The monoisotopic (exact) mass is 626 g/mol. The standard InChI is InChI=1S/C30H48N4O3.C2HF3O2/c1-6-7-11-25-22-34(21-20-31(4)5)29(36)37-30(25)14-18-32(19-15-30)26-12-16-33(17-13-26)28(35)27-23(2)9-8-10-24(27)3;3-2(4,5)1(6)7/h8-10,25-26H,6-7,11-22H2,1-5H3;(H,6,7). The lowest BCUT2D eigenvalue weighted by Crippen LogP contribution is -2.61. The van der Waals surface area contributed by atoms with Gasteiger partial charge < -0.3 is 24.5 Å². The minimum Gasteiger partial charge on any atom is -0.475 e. The fraction of sp³-hybridized carbons (Fsp3) is 0.719. The summed E-state index contributed by atoms with van der Waals surface area (Å²) in [5.41, 5.74) is 2.69. The van der Waals surface area contributed by atoms with Crippen LogP contribution in [0.15, 0.2) is 18.2 Å². The van der Waals surface area contributed by atoms with Crippen molar-refractivity contribution < 1.29 is 37.4 Å². The van der Waals surface area contributed by atoms with Gasteiger partial charge in [0.2, 0.25) is 0 Å². The Morgan fingerprint density at radius 2 is 1.64 bits per heavy atom. The fourth-order valence-electron chi connectivity index (χ4n) is 6.66. The Kier molecular flexibility index (Phi) is 12.5. The molecule has 3 fully saturated rings. The molecule has 1 unspecified atom stereocenters. The number of aryl methyl sites for hydroxylation is 2. The van der Waals surface area contributed by atoms with Crippen LogP contribution in [-0.4, -0.2) is 120 Å². The van der Waals surface area contributed by atoms with Crippen LogP contribution in [0, 0.1) is 19.8 Å². The van der Waals surface area contributed by atoms with Crippen LogP contribution in [0.2, 0.25) is 0 Å². The van der Waals surface area contributed by atoms with Gasteiger partial charge in [-0.15, -0.1) is 0 Å². The number of likely N-dealkylation sites (tertiary alicyclic amines) is 2. The number of ether oxygens (including phenoxy) is 1. The van der Waals surface area contributed by atoms with Crippen molar-refractivity contribution in [2.75, 3.05) is 59.9 Å². The molecule has 1 spiro atoms. The third-order valence-corrected chi connectivity index (χ3v) is 9.31. The minimum atomic E-state index is -5.08. The van der Waals surface area contributed by atoms with Gasteiger partial charge in [0.05, 0.1) is 0 Å². The molecule has 2 amide bonds. The molecule has 1 N–H and O–H groups in total. The van der Waals surface area contributed by atoms with Crippen LogP contribution in [0.1, 0.15) is 73.4 Å². The van der Waals surface area contributed by atoms with Crippen molar-refractivity contribution in [2.45, 2.75) is 83.5 Å². The van der Waals surface area contributed by atoms with E-state index in [2.05, 4.69) is 16.7 Å². The molecule has 3 saturated heterocycles. The Bertz CT molecular complexity index is 1110.